The Hall–Kier alpha value is -4.64. The lowest BCUT2D eigenvalue weighted by Crippen LogP contribution is -2.19. The molecule has 0 amide bonds. The molecule has 0 radical (unpaired) electrons. The van der Waals surface area contributed by atoms with Crippen molar-refractivity contribution in [3.63, 3.8) is 0 Å². The van der Waals surface area contributed by atoms with Gasteiger partial charge < -0.3 is 14.2 Å². The third kappa shape index (κ3) is 4.64. The summed E-state index contributed by atoms with van der Waals surface area (Å²) in [5.74, 6) is 0.361. The van der Waals surface area contributed by atoms with Crippen LogP contribution in [0.2, 0.25) is 0 Å². The summed E-state index contributed by atoms with van der Waals surface area (Å²) >= 11 is 0. The molecule has 1 unspecified atom stereocenters. The van der Waals surface area contributed by atoms with Gasteiger partial charge in [-0.3, -0.25) is 0 Å². The summed E-state index contributed by atoms with van der Waals surface area (Å²) in [7, 11) is 0. The number of hydrogen-bond donors (Lipinski definition) is 0. The quantitative estimate of drug-likeness (QED) is 0.124. The molecule has 0 N–H and O–H groups in total. The number of carbonyl (C=O) groups is 2. The summed E-state index contributed by atoms with van der Waals surface area (Å²) < 4.78 is 18.3. The lowest BCUT2D eigenvalue weighted by atomic mass is 9.88. The van der Waals surface area contributed by atoms with Crippen LogP contribution in [0.15, 0.2) is 103 Å². The van der Waals surface area contributed by atoms with Gasteiger partial charge in [0.25, 0.3) is 0 Å². The van der Waals surface area contributed by atoms with E-state index in [1.54, 1.807) is 13.8 Å². The lowest BCUT2D eigenvalue weighted by molar-refractivity contribution is -0.131. The number of ether oxygens (including phenoxy) is 3. The molecule has 1 aliphatic rings. The van der Waals surface area contributed by atoms with Gasteiger partial charge in [-0.05, 0) is 49.2 Å². The third-order valence-electron chi connectivity index (χ3n) is 6.25. The Morgan fingerprint density at radius 1 is 0.784 bits per heavy atom. The Labute approximate surface area is 215 Å². The molecule has 0 aliphatic heterocycles. The van der Waals surface area contributed by atoms with Crippen LogP contribution in [0.1, 0.15) is 31.1 Å². The second kappa shape index (κ2) is 9.78. The molecule has 0 spiro atoms. The zero-order chi connectivity index (χ0) is 26.1. The molecule has 5 heteroatoms. The minimum Gasteiger partial charge on any atom is -0.481 e. The number of carbonyl (C=O) groups excluding carboxylic acids is 2. The molecule has 4 aromatic rings. The molecule has 0 saturated carbocycles. The van der Waals surface area contributed by atoms with E-state index < -0.39 is 18.0 Å². The number of fused-ring (bicyclic) bond motifs is 3. The summed E-state index contributed by atoms with van der Waals surface area (Å²) in [5.41, 5.74) is 1.90. The molecule has 5 nitrogen and oxygen atoms in total. The minimum atomic E-state index is -0.593. The summed E-state index contributed by atoms with van der Waals surface area (Å²) in [4.78, 5) is 25.4. The first-order valence-electron chi connectivity index (χ1n) is 12.0. The highest BCUT2D eigenvalue weighted by Gasteiger charge is 2.31. The van der Waals surface area contributed by atoms with E-state index in [4.69, 9.17) is 14.2 Å². The fraction of sp³-hybridized carbons (Fsp3) is 0.125. The minimum absolute atomic E-state index is 0.272. The van der Waals surface area contributed by atoms with Crippen molar-refractivity contribution in [1.29, 1.82) is 0 Å². The Morgan fingerprint density at radius 3 is 2.05 bits per heavy atom. The fourth-order valence-electron chi connectivity index (χ4n) is 4.43. The normalized spacial score (nSPS) is 14.2. The Kier molecular flexibility index (Phi) is 6.36. The number of rotatable bonds is 6. The van der Waals surface area contributed by atoms with Gasteiger partial charge in [-0.25, -0.2) is 9.59 Å². The molecule has 37 heavy (non-hydrogen) atoms. The zero-order valence-corrected chi connectivity index (χ0v) is 20.7. The van der Waals surface area contributed by atoms with Gasteiger partial charge in [0.15, 0.2) is 0 Å². The lowest BCUT2D eigenvalue weighted by Gasteiger charge is -2.28. The predicted octanol–water partition coefficient (Wildman–Crippen LogP) is 7.19. The largest absolute Gasteiger partial charge is 0.481 e. The van der Waals surface area contributed by atoms with Crippen LogP contribution < -0.4 is 14.2 Å². The van der Waals surface area contributed by atoms with Crippen LogP contribution in [-0.2, 0) is 16.0 Å². The maximum Gasteiger partial charge on any atom is 0.338 e. The monoisotopic (exact) mass is 490 g/mol. The Morgan fingerprint density at radius 2 is 1.38 bits per heavy atom. The van der Waals surface area contributed by atoms with Gasteiger partial charge in [0, 0.05) is 33.0 Å². The van der Waals surface area contributed by atoms with Gasteiger partial charge in [0.2, 0.25) is 0 Å². The van der Waals surface area contributed by atoms with Gasteiger partial charge in [0.1, 0.15) is 23.4 Å². The third-order valence-corrected chi connectivity index (χ3v) is 6.25. The van der Waals surface area contributed by atoms with Crippen molar-refractivity contribution in [2.45, 2.75) is 26.4 Å². The standard InChI is InChI=1S/C32H26O5/c1-19(2)31(33)36-29-24-12-7-8-13-25(24)30(37-32(34)20(3)4)28-26(29)14-9-15-27(28)35-23-17-16-21-10-5-6-11-22(21)18-23/h5-13,15-18,27H,1,3,14H2,2,4H3. The number of benzene rings is 4. The van der Waals surface area contributed by atoms with Gasteiger partial charge in [0.05, 0.1) is 0 Å². The smallest absolute Gasteiger partial charge is 0.338 e. The molecule has 0 saturated heterocycles. The maximum absolute atomic E-state index is 12.7. The molecule has 184 valence electrons. The van der Waals surface area contributed by atoms with Crippen LogP contribution in [-0.4, -0.2) is 11.9 Å². The zero-order valence-electron chi connectivity index (χ0n) is 20.7. The molecule has 1 atom stereocenters. The summed E-state index contributed by atoms with van der Waals surface area (Å²) in [6.07, 6.45) is 3.76. The van der Waals surface area contributed by atoms with Crippen LogP contribution in [0, 0.1) is 0 Å². The van der Waals surface area contributed by atoms with E-state index >= 15 is 0 Å². The molecule has 0 aromatic heterocycles. The van der Waals surface area contributed by atoms with Crippen molar-refractivity contribution in [2.24, 2.45) is 0 Å². The Balaban J connectivity index is 1.71. The van der Waals surface area contributed by atoms with Gasteiger partial charge in [-0.2, -0.15) is 0 Å². The van der Waals surface area contributed by atoms with E-state index in [1.807, 2.05) is 78.9 Å². The molecular weight excluding hydrogens is 464 g/mol. The van der Waals surface area contributed by atoms with E-state index in [0.29, 0.717) is 45.6 Å². The molecule has 1 aliphatic carbocycles. The SMILES string of the molecule is C=C(C)C(=O)Oc1c2c(c(OC(=O)C(=C)C)c3ccccc13)C(Oc1ccc3ccccc3c1)C=CC2. The van der Waals surface area contributed by atoms with Gasteiger partial charge >= 0.3 is 11.9 Å². The highest BCUT2D eigenvalue weighted by molar-refractivity contribution is 6.01. The van der Waals surface area contributed by atoms with Crippen molar-refractivity contribution >= 4 is 33.5 Å². The van der Waals surface area contributed by atoms with Crippen LogP contribution in [0.3, 0.4) is 0 Å². The average molecular weight is 491 g/mol. The van der Waals surface area contributed by atoms with Crippen LogP contribution in [0.25, 0.3) is 21.5 Å². The van der Waals surface area contributed by atoms with E-state index in [-0.39, 0.29) is 11.1 Å². The highest BCUT2D eigenvalue weighted by Crippen LogP contribution is 2.47. The number of allylic oxidation sites excluding steroid dienone is 1. The fourth-order valence-corrected chi connectivity index (χ4v) is 4.43. The van der Waals surface area contributed by atoms with Crippen molar-refractivity contribution in [2.75, 3.05) is 0 Å². The highest BCUT2D eigenvalue weighted by atomic mass is 16.5. The summed E-state index contributed by atoms with van der Waals surface area (Å²) in [6, 6.07) is 21.3. The second-order valence-electron chi connectivity index (χ2n) is 9.12. The first-order chi connectivity index (χ1) is 17.8. The van der Waals surface area contributed by atoms with Gasteiger partial charge in [-0.1, -0.05) is 73.8 Å². The number of hydrogen-bond acceptors (Lipinski definition) is 5. The predicted molar refractivity (Wildman–Crippen MR) is 145 cm³/mol. The van der Waals surface area contributed by atoms with E-state index in [0.717, 1.165) is 10.8 Å². The maximum atomic E-state index is 12.7. The first kappa shape index (κ1) is 24.1. The Bertz CT molecular complexity index is 1630. The number of esters is 2. The summed E-state index contributed by atoms with van der Waals surface area (Å²) in [5, 5.41) is 3.43. The molecule has 5 rings (SSSR count). The van der Waals surface area contributed by atoms with Crippen molar-refractivity contribution in [1.82, 2.24) is 0 Å². The first-order valence-corrected chi connectivity index (χ1v) is 12.0. The topological polar surface area (TPSA) is 61.8 Å². The molecule has 4 aromatic carbocycles. The van der Waals surface area contributed by atoms with Gasteiger partial charge in [-0.15, -0.1) is 0 Å². The molecule has 0 bridgehead atoms. The van der Waals surface area contributed by atoms with E-state index in [9.17, 15) is 9.59 Å². The molecular formula is C32H26O5. The average Bonchev–Trinajstić information content (AvgIpc) is 2.90. The van der Waals surface area contributed by atoms with Crippen LogP contribution in [0.5, 0.6) is 17.2 Å². The van der Waals surface area contributed by atoms with E-state index in [1.165, 1.54) is 0 Å². The second-order valence-corrected chi connectivity index (χ2v) is 9.12. The van der Waals surface area contributed by atoms with Crippen molar-refractivity contribution in [3.05, 3.63) is 114 Å². The van der Waals surface area contributed by atoms with Crippen LogP contribution >= 0.6 is 0 Å². The van der Waals surface area contributed by atoms with Crippen molar-refractivity contribution in [3.8, 4) is 17.2 Å². The summed E-state index contributed by atoms with van der Waals surface area (Å²) in [6.45, 7) is 10.7. The van der Waals surface area contributed by atoms with Crippen molar-refractivity contribution < 1.29 is 23.8 Å². The van der Waals surface area contributed by atoms with E-state index in [2.05, 4.69) is 13.2 Å². The van der Waals surface area contributed by atoms with Crippen LogP contribution in [0.4, 0.5) is 0 Å². The molecule has 0 heterocycles. The molecule has 0 fully saturated rings.